The van der Waals surface area contributed by atoms with E-state index in [1.807, 2.05) is 60.7 Å². The number of nitrogens with one attached hydrogen (secondary N) is 2. The number of carbonyl (C=O) groups is 5. The number of anilines is 1. The summed E-state index contributed by atoms with van der Waals surface area (Å²) in [6.07, 6.45) is -0.00106. The number of aryl methyl sites for hydroxylation is 1. The number of aromatic nitrogens is 1. The highest BCUT2D eigenvalue weighted by Crippen LogP contribution is 2.25. The van der Waals surface area contributed by atoms with Gasteiger partial charge in [-0.05, 0) is 41.8 Å². The quantitative estimate of drug-likeness (QED) is 0.151. The van der Waals surface area contributed by atoms with Crippen LogP contribution in [0.2, 0.25) is 10.0 Å². The minimum absolute atomic E-state index is 0.0123. The molecule has 1 unspecified atom stereocenters. The van der Waals surface area contributed by atoms with Crippen LogP contribution in [-0.4, -0.2) is 51.9 Å². The fourth-order valence-corrected chi connectivity index (χ4v) is 5.32. The number of aliphatic carboxylic acids is 1. The molecule has 1 heterocycles. The van der Waals surface area contributed by atoms with Crippen molar-refractivity contribution in [2.45, 2.75) is 38.3 Å². The Morgan fingerprint density at radius 1 is 0.792 bits per heavy atom. The number of esters is 1. The minimum atomic E-state index is -1.60. The molecule has 3 aromatic carbocycles. The molecule has 0 fully saturated rings. The van der Waals surface area contributed by atoms with Crippen molar-refractivity contribution in [3.05, 3.63) is 134 Å². The van der Waals surface area contributed by atoms with Gasteiger partial charge < -0.3 is 25.0 Å². The fourth-order valence-electron chi connectivity index (χ4n) is 4.77. The zero-order chi connectivity index (χ0) is 34.6. The predicted molar refractivity (Wildman–Crippen MR) is 179 cm³/mol. The van der Waals surface area contributed by atoms with Gasteiger partial charge in [0, 0.05) is 18.5 Å². The molecule has 0 aliphatic rings. The van der Waals surface area contributed by atoms with Crippen molar-refractivity contribution in [3.63, 3.8) is 0 Å². The minimum Gasteiger partial charge on any atom is -0.481 e. The Kier molecular flexibility index (Phi) is 12.6. The maximum atomic E-state index is 13.6. The summed E-state index contributed by atoms with van der Waals surface area (Å²) in [6.45, 7) is -1.49. The highest BCUT2D eigenvalue weighted by atomic mass is 35.5. The third-order valence-corrected chi connectivity index (χ3v) is 7.80. The van der Waals surface area contributed by atoms with Crippen LogP contribution in [0.5, 0.6) is 0 Å². The summed E-state index contributed by atoms with van der Waals surface area (Å²) in [4.78, 5) is 76.6. The van der Waals surface area contributed by atoms with E-state index < -0.39 is 60.7 Å². The first-order valence-corrected chi connectivity index (χ1v) is 15.5. The number of carbonyl (C=O) groups excluding carboxylic acids is 4. The molecule has 1 atom stereocenters. The molecule has 4 rings (SSSR count). The Hall–Kier alpha value is -5.26. The van der Waals surface area contributed by atoms with Gasteiger partial charge in [-0.2, -0.15) is 0 Å². The molecule has 13 heteroatoms. The third-order valence-electron chi connectivity index (χ3n) is 7.17. The summed E-state index contributed by atoms with van der Waals surface area (Å²) in [5.74, 6) is -4.60. The Morgan fingerprint density at radius 2 is 1.42 bits per heavy atom. The zero-order valence-corrected chi connectivity index (χ0v) is 27.0. The summed E-state index contributed by atoms with van der Waals surface area (Å²) in [5.41, 5.74) is 1.32. The van der Waals surface area contributed by atoms with Crippen molar-refractivity contribution in [1.82, 2.24) is 9.88 Å². The van der Waals surface area contributed by atoms with Crippen molar-refractivity contribution in [2.24, 2.45) is 0 Å². The second-order valence-corrected chi connectivity index (χ2v) is 11.5. The van der Waals surface area contributed by atoms with Crippen molar-refractivity contribution < 1.29 is 33.8 Å². The van der Waals surface area contributed by atoms with E-state index >= 15 is 0 Å². The van der Waals surface area contributed by atoms with Crippen LogP contribution < -0.4 is 16.2 Å². The van der Waals surface area contributed by atoms with Gasteiger partial charge in [-0.15, -0.1) is 0 Å². The van der Waals surface area contributed by atoms with Crippen molar-refractivity contribution >= 4 is 58.4 Å². The van der Waals surface area contributed by atoms with Gasteiger partial charge in [0.25, 0.3) is 5.56 Å². The Balaban J connectivity index is 1.50. The predicted octanol–water partition coefficient (Wildman–Crippen LogP) is 4.70. The van der Waals surface area contributed by atoms with E-state index in [4.69, 9.17) is 27.9 Å². The first kappa shape index (κ1) is 35.6. The van der Waals surface area contributed by atoms with Crippen molar-refractivity contribution in [3.8, 4) is 0 Å². The topological polar surface area (TPSA) is 161 Å². The molecule has 11 nitrogen and oxygen atoms in total. The number of pyridine rings is 1. The van der Waals surface area contributed by atoms with Crippen molar-refractivity contribution in [1.29, 1.82) is 0 Å². The number of benzene rings is 3. The van der Waals surface area contributed by atoms with Crippen LogP contribution in [0, 0.1) is 0 Å². The lowest BCUT2D eigenvalue weighted by molar-refractivity contribution is -0.140. The van der Waals surface area contributed by atoms with Crippen LogP contribution in [0.15, 0.2) is 95.8 Å². The summed E-state index contributed by atoms with van der Waals surface area (Å²) in [5, 5.41) is 14.3. The zero-order valence-electron chi connectivity index (χ0n) is 25.5. The number of hydrogen-bond acceptors (Lipinski definition) is 7. The normalized spacial score (nSPS) is 11.3. The molecule has 0 aliphatic heterocycles. The lowest BCUT2D eigenvalue weighted by atomic mass is 10.1. The second kappa shape index (κ2) is 17.1. The van der Waals surface area contributed by atoms with Gasteiger partial charge in [0.1, 0.15) is 18.3 Å². The number of nitrogens with zero attached hydrogens (tertiary/aromatic N) is 1. The fraction of sp³-hybridized carbons (Fsp3) is 0.200. The van der Waals surface area contributed by atoms with Gasteiger partial charge in [0.15, 0.2) is 12.4 Å². The number of amides is 2. The molecule has 0 aliphatic carbocycles. The summed E-state index contributed by atoms with van der Waals surface area (Å²) >= 11 is 12.0. The van der Waals surface area contributed by atoms with E-state index in [-0.39, 0.29) is 34.1 Å². The molecule has 3 N–H and O–H groups in total. The molecule has 0 saturated heterocycles. The molecule has 0 bridgehead atoms. The average Bonchev–Trinajstić information content (AvgIpc) is 3.06. The molecule has 248 valence electrons. The van der Waals surface area contributed by atoms with Gasteiger partial charge in [0.05, 0.1) is 22.0 Å². The third kappa shape index (κ3) is 10.1. The summed E-state index contributed by atoms with van der Waals surface area (Å²) < 4.78 is 6.17. The first-order chi connectivity index (χ1) is 23.0. The van der Waals surface area contributed by atoms with E-state index in [0.717, 1.165) is 15.7 Å². The second-order valence-electron chi connectivity index (χ2n) is 10.7. The number of ketones is 1. The van der Waals surface area contributed by atoms with E-state index in [9.17, 15) is 33.9 Å². The molecular weight excluding hydrogens is 661 g/mol. The number of carboxylic acid groups (broad SMARTS) is 1. The number of hydrogen-bond donors (Lipinski definition) is 3. The number of ether oxygens (including phenoxy) is 1. The first-order valence-electron chi connectivity index (χ1n) is 14.8. The molecule has 0 radical (unpaired) electrons. The van der Waals surface area contributed by atoms with Gasteiger partial charge in [0.2, 0.25) is 11.8 Å². The highest BCUT2D eigenvalue weighted by molar-refractivity contribution is 6.39. The molecule has 1 aromatic heterocycles. The smallest absolute Gasteiger partial charge is 0.341 e. The maximum Gasteiger partial charge on any atom is 0.341 e. The maximum absolute atomic E-state index is 13.6. The lowest BCUT2D eigenvalue weighted by Gasteiger charge is -2.19. The number of carboxylic acids is 1. The Bertz CT molecular complexity index is 1840. The Labute approximate surface area is 285 Å². The molecule has 4 aromatic rings. The number of rotatable bonds is 15. The van der Waals surface area contributed by atoms with E-state index in [0.29, 0.717) is 12.1 Å². The van der Waals surface area contributed by atoms with Gasteiger partial charge in [-0.25, -0.2) is 4.79 Å². The molecule has 0 spiro atoms. The van der Waals surface area contributed by atoms with Gasteiger partial charge >= 0.3 is 11.9 Å². The summed E-state index contributed by atoms with van der Waals surface area (Å²) in [6, 6.07) is 24.3. The van der Waals surface area contributed by atoms with Gasteiger partial charge in [-0.1, -0.05) is 89.9 Å². The highest BCUT2D eigenvalue weighted by Gasteiger charge is 2.27. The van der Waals surface area contributed by atoms with Crippen molar-refractivity contribution in [2.75, 3.05) is 11.9 Å². The number of halogens is 2. The molecule has 0 saturated carbocycles. The standard InChI is InChI=1S/C35H31Cl2N3O8/c36-25-12-7-13-26(37)33(25)35(47)48-21-29(41)28(19-32(44)45)39-31(43)20-40-24(18-23-10-5-2-6-11-23)15-16-27(34(40)46)38-30(42)17-14-22-8-3-1-4-9-22/h1-13,15-16,28H,14,17-21H2,(H,38,42)(H,39,43)(H,44,45). The molecule has 48 heavy (non-hydrogen) atoms. The average molecular weight is 693 g/mol. The van der Waals surface area contributed by atoms with Crippen LogP contribution in [0.25, 0.3) is 0 Å². The van der Waals surface area contributed by atoms with Gasteiger partial charge in [-0.3, -0.25) is 24.0 Å². The van der Waals surface area contributed by atoms with Crippen LogP contribution in [0.1, 0.15) is 40.0 Å². The van der Waals surface area contributed by atoms with Crippen LogP contribution in [-0.2, 0) is 43.3 Å². The largest absolute Gasteiger partial charge is 0.481 e. The van der Waals surface area contributed by atoms with E-state index in [1.54, 1.807) is 6.07 Å². The van der Waals surface area contributed by atoms with E-state index in [2.05, 4.69) is 10.6 Å². The van der Waals surface area contributed by atoms with Crippen LogP contribution >= 0.6 is 23.2 Å². The Morgan fingerprint density at radius 3 is 2.04 bits per heavy atom. The van der Waals surface area contributed by atoms with E-state index in [1.165, 1.54) is 24.3 Å². The van der Waals surface area contributed by atoms with Crippen LogP contribution in [0.4, 0.5) is 5.69 Å². The molecule has 2 amide bonds. The SMILES string of the molecule is O=C(O)CC(NC(=O)Cn1c(Cc2ccccc2)ccc(NC(=O)CCc2ccccc2)c1=O)C(=O)COC(=O)c1c(Cl)cccc1Cl. The molecular formula is C35H31Cl2N3O8. The number of Topliss-reactive ketones (excluding diaryl/α,β-unsaturated/α-hetero) is 1. The summed E-state index contributed by atoms with van der Waals surface area (Å²) in [7, 11) is 0. The lowest BCUT2D eigenvalue weighted by Crippen LogP contribution is -2.46. The van der Waals surface area contributed by atoms with Crippen LogP contribution in [0.3, 0.4) is 0 Å². The monoisotopic (exact) mass is 691 g/mol.